The lowest BCUT2D eigenvalue weighted by molar-refractivity contribution is -0.120. The fourth-order valence-corrected chi connectivity index (χ4v) is 2.59. The Kier molecular flexibility index (Phi) is 8.25. The SMILES string of the molecule is N=C(NC(=O)CCO)[C@H](Cc1ccc(Cl)cc1)NC(=O)Nc1ccc(Cl)cc1. The second kappa shape index (κ2) is 10.7. The first kappa shape index (κ1) is 21.7. The van der Waals surface area contributed by atoms with Crippen molar-refractivity contribution in [1.29, 1.82) is 5.41 Å². The molecule has 148 valence electrons. The van der Waals surface area contributed by atoms with Crippen molar-refractivity contribution >= 4 is 46.7 Å². The molecule has 0 spiro atoms. The number of halogens is 2. The van der Waals surface area contributed by atoms with Gasteiger partial charge >= 0.3 is 6.03 Å². The molecule has 0 aliphatic rings. The minimum atomic E-state index is -0.795. The number of carbonyl (C=O) groups excluding carboxylic acids is 2. The van der Waals surface area contributed by atoms with E-state index in [1.54, 1.807) is 48.5 Å². The van der Waals surface area contributed by atoms with Crippen LogP contribution in [0, 0.1) is 5.41 Å². The van der Waals surface area contributed by atoms with Crippen LogP contribution >= 0.6 is 23.2 Å². The second-order valence-corrected chi connectivity index (χ2v) is 6.80. The maximum atomic E-state index is 12.3. The van der Waals surface area contributed by atoms with Crippen LogP contribution in [0.3, 0.4) is 0 Å². The molecule has 2 aromatic rings. The molecule has 0 saturated heterocycles. The van der Waals surface area contributed by atoms with E-state index < -0.39 is 18.0 Å². The van der Waals surface area contributed by atoms with Gasteiger partial charge in [-0.2, -0.15) is 0 Å². The quantitative estimate of drug-likeness (QED) is 0.348. The van der Waals surface area contributed by atoms with Gasteiger partial charge in [0.2, 0.25) is 5.91 Å². The predicted molar refractivity (Wildman–Crippen MR) is 110 cm³/mol. The Hall–Kier alpha value is -2.61. The topological polar surface area (TPSA) is 114 Å². The number of carbonyl (C=O) groups is 2. The minimum absolute atomic E-state index is 0.132. The molecule has 0 unspecified atom stereocenters. The smallest absolute Gasteiger partial charge is 0.319 e. The average molecular weight is 423 g/mol. The Morgan fingerprint density at radius 3 is 2.14 bits per heavy atom. The molecular formula is C19H20Cl2N4O3. The number of nitrogens with one attached hydrogen (secondary N) is 4. The van der Waals surface area contributed by atoms with Gasteiger partial charge in [0.25, 0.3) is 0 Å². The van der Waals surface area contributed by atoms with Crippen molar-refractivity contribution in [3.63, 3.8) is 0 Å². The Morgan fingerprint density at radius 1 is 1.00 bits per heavy atom. The van der Waals surface area contributed by atoms with Crippen molar-refractivity contribution in [1.82, 2.24) is 10.6 Å². The molecule has 7 nitrogen and oxygen atoms in total. The third-order valence-corrected chi connectivity index (χ3v) is 4.23. The van der Waals surface area contributed by atoms with Gasteiger partial charge in [0, 0.05) is 15.7 Å². The predicted octanol–water partition coefficient (Wildman–Crippen LogP) is 3.20. The second-order valence-electron chi connectivity index (χ2n) is 5.92. The van der Waals surface area contributed by atoms with E-state index in [0.717, 1.165) is 5.56 Å². The van der Waals surface area contributed by atoms with Crippen molar-refractivity contribution in [3.05, 3.63) is 64.1 Å². The van der Waals surface area contributed by atoms with Gasteiger partial charge in [-0.05, 0) is 48.4 Å². The van der Waals surface area contributed by atoms with Gasteiger partial charge in [0.1, 0.15) is 5.84 Å². The van der Waals surface area contributed by atoms with Crippen molar-refractivity contribution in [2.75, 3.05) is 11.9 Å². The van der Waals surface area contributed by atoms with Crippen LogP contribution in [0.25, 0.3) is 0 Å². The van der Waals surface area contributed by atoms with Crippen LogP contribution in [0.2, 0.25) is 10.0 Å². The number of aliphatic hydroxyl groups excluding tert-OH is 1. The van der Waals surface area contributed by atoms with Gasteiger partial charge in [-0.15, -0.1) is 0 Å². The van der Waals surface area contributed by atoms with E-state index in [1.165, 1.54) is 0 Å². The molecule has 3 amide bonds. The molecule has 0 aliphatic heterocycles. The Balaban J connectivity index is 2.08. The number of rotatable bonds is 7. The largest absolute Gasteiger partial charge is 0.396 e. The van der Waals surface area contributed by atoms with Gasteiger partial charge in [0.15, 0.2) is 0 Å². The first-order valence-electron chi connectivity index (χ1n) is 8.44. The maximum Gasteiger partial charge on any atom is 0.319 e. The molecule has 0 heterocycles. The molecule has 2 aromatic carbocycles. The minimum Gasteiger partial charge on any atom is -0.396 e. The van der Waals surface area contributed by atoms with E-state index in [-0.39, 0.29) is 25.3 Å². The summed E-state index contributed by atoms with van der Waals surface area (Å²) in [5, 5.41) is 25.8. The molecule has 1 atom stereocenters. The van der Waals surface area contributed by atoms with E-state index >= 15 is 0 Å². The maximum absolute atomic E-state index is 12.3. The third-order valence-electron chi connectivity index (χ3n) is 3.72. The number of urea groups is 1. The van der Waals surface area contributed by atoms with Gasteiger partial charge in [0.05, 0.1) is 19.1 Å². The molecule has 2 rings (SSSR count). The molecular weight excluding hydrogens is 403 g/mol. The number of hydrogen-bond donors (Lipinski definition) is 5. The normalized spacial score (nSPS) is 11.4. The summed E-state index contributed by atoms with van der Waals surface area (Å²) >= 11 is 11.7. The van der Waals surface area contributed by atoms with Gasteiger partial charge in [-0.25, -0.2) is 4.79 Å². The summed E-state index contributed by atoms with van der Waals surface area (Å²) in [7, 11) is 0. The van der Waals surface area contributed by atoms with Crippen LogP contribution in [-0.2, 0) is 11.2 Å². The highest BCUT2D eigenvalue weighted by atomic mass is 35.5. The van der Waals surface area contributed by atoms with Crippen molar-refractivity contribution < 1.29 is 14.7 Å². The molecule has 0 saturated carbocycles. The Morgan fingerprint density at radius 2 is 1.57 bits per heavy atom. The summed E-state index contributed by atoms with van der Waals surface area (Å²) in [6.45, 7) is -0.328. The summed E-state index contributed by atoms with van der Waals surface area (Å²) in [5.74, 6) is -0.687. The Bertz CT molecular complexity index is 826. The Labute approximate surface area is 172 Å². The van der Waals surface area contributed by atoms with E-state index in [9.17, 15) is 9.59 Å². The highest BCUT2D eigenvalue weighted by molar-refractivity contribution is 6.30. The number of anilines is 1. The summed E-state index contributed by atoms with van der Waals surface area (Å²) in [6.07, 6.45) is 0.135. The molecule has 28 heavy (non-hydrogen) atoms. The van der Waals surface area contributed by atoms with E-state index in [4.69, 9.17) is 33.7 Å². The van der Waals surface area contributed by atoms with Gasteiger partial charge in [-0.1, -0.05) is 35.3 Å². The standard InChI is InChI=1S/C19H20Cl2N4O3/c20-13-3-1-12(2-4-13)11-16(18(22)25-17(27)9-10-26)24-19(28)23-15-7-5-14(21)6-8-15/h1-8,16,26H,9-11H2,(H2,22,25,27)(H2,23,24,28)/t16-/m0/s1. The van der Waals surface area contributed by atoms with Crippen LogP contribution in [-0.4, -0.2) is 35.5 Å². The fourth-order valence-electron chi connectivity index (χ4n) is 2.34. The average Bonchev–Trinajstić information content (AvgIpc) is 2.65. The molecule has 0 bridgehead atoms. The van der Waals surface area contributed by atoms with Crippen molar-refractivity contribution in [2.24, 2.45) is 0 Å². The lowest BCUT2D eigenvalue weighted by Gasteiger charge is -2.21. The van der Waals surface area contributed by atoms with Crippen LogP contribution < -0.4 is 16.0 Å². The zero-order valence-corrected chi connectivity index (χ0v) is 16.3. The summed E-state index contributed by atoms with van der Waals surface area (Å²) in [6, 6.07) is 12.2. The fraction of sp³-hybridized carbons (Fsp3) is 0.211. The summed E-state index contributed by atoms with van der Waals surface area (Å²) < 4.78 is 0. The van der Waals surface area contributed by atoms with Gasteiger partial charge in [-0.3, -0.25) is 10.2 Å². The lowest BCUT2D eigenvalue weighted by atomic mass is 10.0. The lowest BCUT2D eigenvalue weighted by Crippen LogP contribution is -2.50. The van der Waals surface area contributed by atoms with Crippen LogP contribution in [0.15, 0.2) is 48.5 Å². The molecule has 0 radical (unpaired) electrons. The number of hydrogen-bond acceptors (Lipinski definition) is 4. The summed E-state index contributed by atoms with van der Waals surface area (Å²) in [4.78, 5) is 24.0. The van der Waals surface area contributed by atoms with Crippen LogP contribution in [0.1, 0.15) is 12.0 Å². The molecule has 5 N–H and O–H groups in total. The molecule has 9 heteroatoms. The van der Waals surface area contributed by atoms with Crippen molar-refractivity contribution in [3.8, 4) is 0 Å². The van der Waals surface area contributed by atoms with E-state index in [2.05, 4.69) is 16.0 Å². The summed E-state index contributed by atoms with van der Waals surface area (Å²) in [5.41, 5.74) is 1.35. The number of aliphatic hydroxyl groups is 1. The zero-order valence-electron chi connectivity index (χ0n) is 14.8. The molecule has 0 fully saturated rings. The number of benzene rings is 2. The molecule has 0 aliphatic carbocycles. The first-order valence-corrected chi connectivity index (χ1v) is 9.19. The highest BCUT2D eigenvalue weighted by Crippen LogP contribution is 2.14. The van der Waals surface area contributed by atoms with Gasteiger partial charge < -0.3 is 21.1 Å². The van der Waals surface area contributed by atoms with Crippen LogP contribution in [0.5, 0.6) is 0 Å². The monoisotopic (exact) mass is 422 g/mol. The molecule has 0 aromatic heterocycles. The van der Waals surface area contributed by atoms with Crippen molar-refractivity contribution in [2.45, 2.75) is 18.9 Å². The van der Waals surface area contributed by atoms with E-state index in [1.807, 2.05) is 0 Å². The highest BCUT2D eigenvalue weighted by Gasteiger charge is 2.20. The zero-order chi connectivity index (χ0) is 20.5. The first-order chi connectivity index (χ1) is 13.4. The number of amidine groups is 1. The number of amides is 3. The van der Waals surface area contributed by atoms with Crippen LogP contribution in [0.4, 0.5) is 10.5 Å². The van der Waals surface area contributed by atoms with E-state index in [0.29, 0.717) is 15.7 Å². The third kappa shape index (κ3) is 7.19.